The lowest BCUT2D eigenvalue weighted by molar-refractivity contribution is -0.120. The number of piperidine rings is 1. The van der Waals surface area contributed by atoms with Crippen LogP contribution in [0.1, 0.15) is 41.4 Å². The molecule has 0 bridgehead atoms. The number of hydrogen-bond donors (Lipinski definition) is 1. The summed E-state index contributed by atoms with van der Waals surface area (Å²) in [5.74, 6) is 6.99. The number of carbonyl (C=O) groups excluding carboxylic acids is 2. The summed E-state index contributed by atoms with van der Waals surface area (Å²) in [4.78, 5) is 31.1. The molecule has 1 saturated heterocycles. The second-order valence-electron chi connectivity index (χ2n) is 8.06. The Kier molecular flexibility index (Phi) is 6.70. The number of hydrogen-bond acceptors (Lipinski definition) is 4. The first kappa shape index (κ1) is 22.1. The normalized spacial score (nSPS) is 15.4. The largest absolute Gasteiger partial charge is 0.497 e. The second-order valence-corrected chi connectivity index (χ2v) is 8.06. The van der Waals surface area contributed by atoms with E-state index in [9.17, 15) is 9.59 Å². The maximum atomic E-state index is 12.8. The van der Waals surface area contributed by atoms with Gasteiger partial charge in [-0.3, -0.25) is 9.59 Å². The number of rotatable bonds is 4. The fraction of sp³-hybridized carbons (Fsp3) is 0.222. The van der Waals surface area contributed by atoms with Crippen molar-refractivity contribution >= 4 is 23.2 Å². The van der Waals surface area contributed by atoms with E-state index in [-0.39, 0.29) is 11.8 Å². The molecule has 6 heteroatoms. The number of benzene rings is 2. The van der Waals surface area contributed by atoms with Gasteiger partial charge in [0.1, 0.15) is 11.4 Å². The average Bonchev–Trinajstić information content (AvgIpc) is 2.85. The molecule has 6 nitrogen and oxygen atoms in total. The molecule has 0 aliphatic carbocycles. The minimum Gasteiger partial charge on any atom is -0.497 e. The summed E-state index contributed by atoms with van der Waals surface area (Å²) in [6, 6.07) is 18.0. The number of methoxy groups -OCH3 is 1. The van der Waals surface area contributed by atoms with Crippen LogP contribution >= 0.6 is 0 Å². The highest BCUT2D eigenvalue weighted by Gasteiger charge is 2.24. The highest BCUT2D eigenvalue weighted by molar-refractivity contribution is 6.05. The Bertz CT molecular complexity index is 1210. The highest BCUT2D eigenvalue weighted by Crippen LogP contribution is 2.25. The number of anilines is 2. The molecule has 2 aromatic carbocycles. The van der Waals surface area contributed by atoms with Gasteiger partial charge in [-0.25, -0.2) is 4.98 Å². The van der Waals surface area contributed by atoms with Crippen LogP contribution in [0.15, 0.2) is 66.9 Å². The van der Waals surface area contributed by atoms with Crippen LogP contribution in [0, 0.1) is 17.8 Å². The van der Waals surface area contributed by atoms with E-state index in [1.807, 2.05) is 30.3 Å². The van der Waals surface area contributed by atoms with Crippen molar-refractivity contribution in [2.24, 2.45) is 5.92 Å². The lowest BCUT2D eigenvalue weighted by Crippen LogP contribution is -2.39. The first-order valence-electron chi connectivity index (χ1n) is 10.9. The van der Waals surface area contributed by atoms with Crippen LogP contribution in [0.2, 0.25) is 0 Å². The SMILES string of the molecule is COc1cc(C#Cc2ccccn2)cc(NC(=O)c2ccc(N3CC(C)CCC3=O)cc2)c1. The van der Waals surface area contributed by atoms with E-state index in [1.54, 1.807) is 48.5 Å². The van der Waals surface area contributed by atoms with E-state index < -0.39 is 0 Å². The van der Waals surface area contributed by atoms with Gasteiger partial charge in [-0.1, -0.05) is 18.9 Å². The summed E-state index contributed by atoms with van der Waals surface area (Å²) in [5, 5.41) is 2.90. The van der Waals surface area contributed by atoms with E-state index in [0.29, 0.717) is 47.1 Å². The van der Waals surface area contributed by atoms with Gasteiger partial charge in [0.05, 0.1) is 7.11 Å². The average molecular weight is 440 g/mol. The van der Waals surface area contributed by atoms with Gasteiger partial charge in [0, 0.05) is 47.7 Å². The van der Waals surface area contributed by atoms with Crippen molar-refractivity contribution in [3.8, 4) is 17.6 Å². The summed E-state index contributed by atoms with van der Waals surface area (Å²) < 4.78 is 5.36. The van der Waals surface area contributed by atoms with Crippen LogP contribution in [0.3, 0.4) is 0 Å². The Morgan fingerprint density at radius 2 is 1.94 bits per heavy atom. The lowest BCUT2D eigenvalue weighted by Gasteiger charge is -2.30. The number of amides is 2. The van der Waals surface area contributed by atoms with Gasteiger partial charge in [0.25, 0.3) is 5.91 Å². The van der Waals surface area contributed by atoms with Crippen molar-refractivity contribution in [2.75, 3.05) is 23.9 Å². The molecule has 3 aromatic rings. The molecule has 0 spiro atoms. The number of nitrogens with one attached hydrogen (secondary N) is 1. The molecule has 2 amide bonds. The van der Waals surface area contributed by atoms with Crippen LogP contribution in [0.25, 0.3) is 0 Å². The highest BCUT2D eigenvalue weighted by atomic mass is 16.5. The topological polar surface area (TPSA) is 71.5 Å². The predicted octanol–water partition coefficient (Wildman–Crippen LogP) is 4.51. The third-order valence-corrected chi connectivity index (χ3v) is 5.49. The number of pyridine rings is 1. The maximum Gasteiger partial charge on any atom is 0.255 e. The second kappa shape index (κ2) is 10.0. The van der Waals surface area contributed by atoms with E-state index in [1.165, 1.54) is 0 Å². The van der Waals surface area contributed by atoms with Gasteiger partial charge in [-0.15, -0.1) is 0 Å². The number of nitrogens with zero attached hydrogens (tertiary/aromatic N) is 2. The quantitative estimate of drug-likeness (QED) is 0.608. The Balaban J connectivity index is 1.50. The van der Waals surface area contributed by atoms with E-state index in [0.717, 1.165) is 12.1 Å². The molecule has 1 aliphatic rings. The maximum absolute atomic E-state index is 12.8. The Hall–Kier alpha value is -4.11. The van der Waals surface area contributed by atoms with Crippen LogP contribution in [-0.4, -0.2) is 30.5 Å². The third kappa shape index (κ3) is 5.58. The molecular weight excluding hydrogens is 414 g/mol. The molecule has 0 radical (unpaired) electrons. The van der Waals surface area contributed by atoms with Gasteiger partial charge < -0.3 is 15.0 Å². The molecule has 1 atom stereocenters. The van der Waals surface area contributed by atoms with E-state index in [2.05, 4.69) is 29.1 Å². The molecule has 1 aromatic heterocycles. The summed E-state index contributed by atoms with van der Waals surface area (Å²) in [7, 11) is 1.57. The molecule has 1 aliphatic heterocycles. The molecule has 33 heavy (non-hydrogen) atoms. The minimum absolute atomic E-state index is 0.126. The number of carbonyl (C=O) groups is 2. The molecule has 2 heterocycles. The van der Waals surface area contributed by atoms with Crippen LogP contribution in [0.4, 0.5) is 11.4 Å². The fourth-order valence-electron chi connectivity index (χ4n) is 3.69. The van der Waals surface area contributed by atoms with Crippen molar-refractivity contribution in [3.05, 3.63) is 83.7 Å². The fourth-order valence-corrected chi connectivity index (χ4v) is 3.69. The summed E-state index contributed by atoms with van der Waals surface area (Å²) in [5.41, 5.74) is 3.25. The van der Waals surface area contributed by atoms with Gasteiger partial charge in [0.15, 0.2) is 0 Å². The molecular formula is C27H25N3O3. The zero-order valence-corrected chi connectivity index (χ0v) is 18.7. The van der Waals surface area contributed by atoms with Crippen molar-refractivity contribution in [3.63, 3.8) is 0 Å². The van der Waals surface area contributed by atoms with E-state index >= 15 is 0 Å². The predicted molar refractivity (Wildman–Crippen MR) is 128 cm³/mol. The molecule has 166 valence electrons. The number of ether oxygens (including phenoxy) is 1. The molecule has 0 saturated carbocycles. The van der Waals surface area contributed by atoms with Crippen molar-refractivity contribution in [1.82, 2.24) is 4.98 Å². The first-order valence-corrected chi connectivity index (χ1v) is 10.9. The smallest absolute Gasteiger partial charge is 0.255 e. The standard InChI is InChI=1S/C27H25N3O3/c1-19-6-13-26(31)30(18-19)24-11-8-21(9-12-24)27(32)29-23-15-20(16-25(17-23)33-2)7-10-22-5-3-4-14-28-22/h3-5,8-9,11-12,14-17,19H,6,13,18H2,1-2H3,(H,29,32). The monoisotopic (exact) mass is 439 g/mol. The zero-order chi connectivity index (χ0) is 23.2. The van der Waals surface area contributed by atoms with Crippen LogP contribution in [0.5, 0.6) is 5.75 Å². The Labute approximate surface area is 193 Å². The van der Waals surface area contributed by atoms with Gasteiger partial charge >= 0.3 is 0 Å². The number of aromatic nitrogens is 1. The van der Waals surface area contributed by atoms with Crippen molar-refractivity contribution < 1.29 is 14.3 Å². The van der Waals surface area contributed by atoms with Crippen molar-refractivity contribution in [1.29, 1.82) is 0 Å². The Morgan fingerprint density at radius 3 is 2.67 bits per heavy atom. The Morgan fingerprint density at radius 1 is 1.12 bits per heavy atom. The third-order valence-electron chi connectivity index (χ3n) is 5.49. The van der Waals surface area contributed by atoms with Crippen LogP contribution in [-0.2, 0) is 4.79 Å². The summed E-state index contributed by atoms with van der Waals surface area (Å²) >= 11 is 0. The van der Waals surface area contributed by atoms with Crippen LogP contribution < -0.4 is 15.0 Å². The lowest BCUT2D eigenvalue weighted by atomic mass is 9.99. The van der Waals surface area contributed by atoms with Gasteiger partial charge in [0.2, 0.25) is 5.91 Å². The first-order chi connectivity index (χ1) is 16.0. The summed E-state index contributed by atoms with van der Waals surface area (Å²) in [6.07, 6.45) is 3.17. The van der Waals surface area contributed by atoms with Gasteiger partial charge in [-0.2, -0.15) is 0 Å². The minimum atomic E-state index is -0.253. The zero-order valence-electron chi connectivity index (χ0n) is 18.7. The van der Waals surface area contributed by atoms with Crippen molar-refractivity contribution in [2.45, 2.75) is 19.8 Å². The summed E-state index contributed by atoms with van der Waals surface area (Å²) in [6.45, 7) is 2.85. The van der Waals surface area contributed by atoms with Gasteiger partial charge in [-0.05, 0) is 66.8 Å². The van der Waals surface area contributed by atoms with E-state index in [4.69, 9.17) is 4.74 Å². The molecule has 1 unspecified atom stereocenters. The molecule has 1 fully saturated rings. The molecule has 4 rings (SSSR count). The molecule has 1 N–H and O–H groups in total.